The van der Waals surface area contributed by atoms with Crippen LogP contribution in [0.25, 0.3) is 10.9 Å². The van der Waals surface area contributed by atoms with Crippen LogP contribution in [0.5, 0.6) is 11.6 Å². The summed E-state index contributed by atoms with van der Waals surface area (Å²) < 4.78 is 23.9. The van der Waals surface area contributed by atoms with Gasteiger partial charge < -0.3 is 19.4 Å². The van der Waals surface area contributed by atoms with Crippen LogP contribution in [0, 0.1) is 12.7 Å². The molecule has 0 saturated heterocycles. The second-order valence-corrected chi connectivity index (χ2v) is 7.44. The molecule has 2 heterocycles. The first kappa shape index (κ1) is 22.0. The van der Waals surface area contributed by atoms with Gasteiger partial charge in [-0.15, -0.1) is 0 Å². The zero-order valence-electron chi connectivity index (χ0n) is 18.4. The molecule has 0 fully saturated rings. The molecule has 0 bridgehead atoms. The van der Waals surface area contributed by atoms with E-state index in [1.807, 2.05) is 0 Å². The number of ether oxygens (including phenoxy) is 2. The van der Waals surface area contributed by atoms with Gasteiger partial charge in [0.1, 0.15) is 11.6 Å². The van der Waals surface area contributed by atoms with Gasteiger partial charge in [-0.2, -0.15) is 0 Å². The first-order valence-electron chi connectivity index (χ1n) is 10.2. The molecule has 1 amide bonds. The molecule has 168 valence electrons. The predicted octanol–water partition coefficient (Wildman–Crippen LogP) is 4.44. The number of aryl methyl sites for hydroxylation is 1. The molecule has 0 atom stereocenters. The SMILES string of the molecule is COc1ccc2[nH]c(C)c(C(=O)C(=O)N(Cc3ccc(F)cc3)c3ccnc(OC)c3)c2c1. The van der Waals surface area contributed by atoms with Gasteiger partial charge in [0.25, 0.3) is 11.7 Å². The number of pyridine rings is 1. The molecule has 0 saturated carbocycles. The minimum atomic E-state index is -0.737. The van der Waals surface area contributed by atoms with Gasteiger partial charge in [-0.05, 0) is 48.9 Å². The monoisotopic (exact) mass is 447 g/mol. The number of hydrogen-bond acceptors (Lipinski definition) is 5. The van der Waals surface area contributed by atoms with Crippen molar-refractivity contribution in [2.24, 2.45) is 0 Å². The van der Waals surface area contributed by atoms with E-state index in [0.29, 0.717) is 34.0 Å². The van der Waals surface area contributed by atoms with E-state index >= 15 is 0 Å². The number of Topliss-reactive ketones (excluding diaryl/α,β-unsaturated/α-hetero) is 1. The Bertz CT molecular complexity index is 1330. The molecule has 2 aromatic heterocycles. The number of aromatic amines is 1. The Balaban J connectivity index is 1.77. The van der Waals surface area contributed by atoms with Crippen LogP contribution in [-0.4, -0.2) is 35.9 Å². The van der Waals surface area contributed by atoms with Gasteiger partial charge in [0.15, 0.2) is 0 Å². The second-order valence-electron chi connectivity index (χ2n) is 7.44. The highest BCUT2D eigenvalue weighted by Crippen LogP contribution is 2.29. The van der Waals surface area contributed by atoms with Crippen molar-refractivity contribution in [3.05, 3.63) is 83.4 Å². The molecule has 0 aliphatic carbocycles. The van der Waals surface area contributed by atoms with Gasteiger partial charge in [0.2, 0.25) is 5.88 Å². The molecule has 2 aromatic carbocycles. The van der Waals surface area contributed by atoms with Crippen molar-refractivity contribution in [1.29, 1.82) is 0 Å². The summed E-state index contributed by atoms with van der Waals surface area (Å²) in [5.74, 6) is -0.930. The lowest BCUT2D eigenvalue weighted by Gasteiger charge is -2.22. The smallest absolute Gasteiger partial charge is 0.299 e. The molecule has 4 rings (SSSR count). The molecular weight excluding hydrogens is 425 g/mol. The van der Waals surface area contributed by atoms with E-state index in [9.17, 15) is 14.0 Å². The van der Waals surface area contributed by atoms with E-state index < -0.39 is 11.7 Å². The van der Waals surface area contributed by atoms with Crippen LogP contribution < -0.4 is 14.4 Å². The van der Waals surface area contributed by atoms with E-state index in [-0.39, 0.29) is 17.9 Å². The summed E-state index contributed by atoms with van der Waals surface area (Å²) in [6.45, 7) is 1.80. The molecule has 8 heteroatoms. The topological polar surface area (TPSA) is 84.5 Å². The first-order chi connectivity index (χ1) is 15.9. The van der Waals surface area contributed by atoms with Crippen molar-refractivity contribution >= 4 is 28.3 Å². The number of H-pyrrole nitrogens is 1. The largest absolute Gasteiger partial charge is 0.497 e. The first-order valence-corrected chi connectivity index (χ1v) is 10.2. The normalized spacial score (nSPS) is 10.8. The number of anilines is 1. The number of amides is 1. The van der Waals surface area contributed by atoms with Crippen LogP contribution in [0.4, 0.5) is 10.1 Å². The highest BCUT2D eigenvalue weighted by atomic mass is 19.1. The minimum Gasteiger partial charge on any atom is -0.497 e. The zero-order chi connectivity index (χ0) is 23.5. The third-order valence-electron chi connectivity index (χ3n) is 5.35. The lowest BCUT2D eigenvalue weighted by molar-refractivity contribution is -0.114. The fourth-order valence-electron chi connectivity index (χ4n) is 3.69. The fraction of sp³-hybridized carbons (Fsp3) is 0.160. The lowest BCUT2D eigenvalue weighted by Crippen LogP contribution is -2.36. The zero-order valence-corrected chi connectivity index (χ0v) is 18.4. The van der Waals surface area contributed by atoms with Gasteiger partial charge in [0.05, 0.1) is 32.0 Å². The quantitative estimate of drug-likeness (QED) is 0.334. The number of nitrogens with one attached hydrogen (secondary N) is 1. The van der Waals surface area contributed by atoms with E-state index in [2.05, 4.69) is 9.97 Å². The van der Waals surface area contributed by atoms with Crippen molar-refractivity contribution in [2.45, 2.75) is 13.5 Å². The Hall–Kier alpha value is -4.20. The van der Waals surface area contributed by atoms with Crippen molar-refractivity contribution < 1.29 is 23.5 Å². The van der Waals surface area contributed by atoms with Gasteiger partial charge in [-0.25, -0.2) is 9.37 Å². The van der Waals surface area contributed by atoms with E-state index in [4.69, 9.17) is 9.47 Å². The number of hydrogen-bond donors (Lipinski definition) is 1. The lowest BCUT2D eigenvalue weighted by atomic mass is 10.0. The van der Waals surface area contributed by atoms with E-state index in [1.54, 1.807) is 49.4 Å². The highest BCUT2D eigenvalue weighted by molar-refractivity contribution is 6.49. The van der Waals surface area contributed by atoms with Gasteiger partial charge in [-0.3, -0.25) is 9.59 Å². The molecule has 0 spiro atoms. The van der Waals surface area contributed by atoms with Crippen LogP contribution in [0.3, 0.4) is 0 Å². The van der Waals surface area contributed by atoms with Gasteiger partial charge >= 0.3 is 0 Å². The van der Waals surface area contributed by atoms with Crippen LogP contribution >= 0.6 is 0 Å². The Morgan fingerprint density at radius 2 is 1.79 bits per heavy atom. The van der Waals surface area contributed by atoms with Crippen molar-refractivity contribution in [3.63, 3.8) is 0 Å². The van der Waals surface area contributed by atoms with Crippen molar-refractivity contribution in [2.75, 3.05) is 19.1 Å². The van der Waals surface area contributed by atoms with Gasteiger partial charge in [-0.1, -0.05) is 12.1 Å². The molecule has 0 aliphatic heterocycles. The number of fused-ring (bicyclic) bond motifs is 1. The number of benzene rings is 2. The summed E-state index contributed by atoms with van der Waals surface area (Å²) in [6, 6.07) is 14.2. The van der Waals surface area contributed by atoms with Crippen LogP contribution in [0.15, 0.2) is 60.8 Å². The summed E-state index contributed by atoms with van der Waals surface area (Å²) in [7, 11) is 3.00. The molecule has 1 N–H and O–H groups in total. The number of ketones is 1. The number of carbonyl (C=O) groups is 2. The third kappa shape index (κ3) is 4.41. The maximum absolute atomic E-state index is 13.6. The van der Waals surface area contributed by atoms with Crippen LogP contribution in [0.1, 0.15) is 21.6 Å². The number of rotatable bonds is 7. The van der Waals surface area contributed by atoms with Crippen molar-refractivity contribution in [1.82, 2.24) is 9.97 Å². The van der Waals surface area contributed by atoms with E-state index in [0.717, 1.165) is 5.52 Å². The maximum atomic E-state index is 13.6. The molecular formula is C25H22FN3O4. The highest BCUT2D eigenvalue weighted by Gasteiger charge is 2.29. The summed E-state index contributed by atoms with van der Waals surface area (Å²) in [4.78, 5) is 35.6. The number of aromatic nitrogens is 2. The molecule has 4 aromatic rings. The Kier molecular flexibility index (Phi) is 6.08. The summed E-state index contributed by atoms with van der Waals surface area (Å²) in [5.41, 5.74) is 2.66. The van der Waals surface area contributed by atoms with Crippen molar-refractivity contribution in [3.8, 4) is 11.6 Å². The number of nitrogens with zero attached hydrogens (tertiary/aromatic N) is 2. The third-order valence-corrected chi connectivity index (χ3v) is 5.35. The summed E-state index contributed by atoms with van der Waals surface area (Å²) in [5, 5.41) is 0.597. The minimum absolute atomic E-state index is 0.0583. The number of halogens is 1. The Morgan fingerprint density at radius 1 is 1.03 bits per heavy atom. The van der Waals surface area contributed by atoms with E-state index in [1.165, 1.54) is 37.4 Å². The number of methoxy groups -OCH3 is 2. The standard InChI is InChI=1S/C25H22FN3O4/c1-15-23(20-13-19(32-2)8-9-21(20)28-15)24(30)25(31)29(14-16-4-6-17(26)7-5-16)18-10-11-27-22(12-18)33-3/h4-13,28H,14H2,1-3H3. The molecule has 0 unspecified atom stereocenters. The average Bonchev–Trinajstić information content (AvgIpc) is 3.17. The molecule has 0 aliphatic rings. The fourth-order valence-corrected chi connectivity index (χ4v) is 3.69. The Labute approximate surface area is 189 Å². The Morgan fingerprint density at radius 3 is 2.48 bits per heavy atom. The van der Waals surface area contributed by atoms with Gasteiger partial charge in [0, 0.05) is 28.9 Å². The molecule has 7 nitrogen and oxygen atoms in total. The maximum Gasteiger partial charge on any atom is 0.299 e. The summed E-state index contributed by atoms with van der Waals surface area (Å²) in [6.07, 6.45) is 1.49. The number of carbonyl (C=O) groups excluding carboxylic acids is 2. The second kappa shape index (κ2) is 9.12. The van der Waals surface area contributed by atoms with Crippen LogP contribution in [0.2, 0.25) is 0 Å². The molecule has 0 radical (unpaired) electrons. The predicted molar refractivity (Wildman–Crippen MR) is 122 cm³/mol. The van der Waals surface area contributed by atoms with Crippen LogP contribution in [-0.2, 0) is 11.3 Å². The molecule has 33 heavy (non-hydrogen) atoms. The average molecular weight is 447 g/mol. The summed E-state index contributed by atoms with van der Waals surface area (Å²) >= 11 is 0.